The molecular formula is C13H21N3O3. The Kier molecular flexibility index (Phi) is 4.21. The summed E-state index contributed by atoms with van der Waals surface area (Å²) in [5.41, 5.74) is 0.777. The lowest BCUT2D eigenvalue weighted by Gasteiger charge is -2.29. The van der Waals surface area contributed by atoms with Crippen LogP contribution < -0.4 is 14.8 Å². The molecule has 0 saturated carbocycles. The molecule has 1 fully saturated rings. The smallest absolute Gasteiger partial charge is 0.224 e. The van der Waals surface area contributed by atoms with E-state index in [0.29, 0.717) is 18.3 Å². The molecule has 6 nitrogen and oxygen atoms in total. The Hall–Kier alpha value is -1.40. The SMILES string of the molecule is COc1ncnc(OC)c1CNC1(C)CCOC1C. The Balaban J connectivity index is 2.14. The number of nitrogens with zero attached hydrogens (tertiary/aromatic N) is 2. The van der Waals surface area contributed by atoms with Gasteiger partial charge in [0.05, 0.1) is 25.9 Å². The van der Waals surface area contributed by atoms with Crippen LogP contribution in [0.4, 0.5) is 0 Å². The van der Waals surface area contributed by atoms with E-state index in [1.807, 2.05) is 0 Å². The third kappa shape index (κ3) is 2.79. The maximum Gasteiger partial charge on any atom is 0.224 e. The van der Waals surface area contributed by atoms with E-state index < -0.39 is 0 Å². The molecule has 1 N–H and O–H groups in total. The molecular weight excluding hydrogens is 246 g/mol. The van der Waals surface area contributed by atoms with Gasteiger partial charge < -0.3 is 19.5 Å². The molecule has 19 heavy (non-hydrogen) atoms. The zero-order valence-electron chi connectivity index (χ0n) is 11.9. The quantitative estimate of drug-likeness (QED) is 0.863. The summed E-state index contributed by atoms with van der Waals surface area (Å²) in [5.74, 6) is 1.07. The molecule has 1 aliphatic heterocycles. The van der Waals surface area contributed by atoms with E-state index >= 15 is 0 Å². The molecule has 2 atom stereocenters. The first kappa shape index (κ1) is 14.0. The number of aromatic nitrogens is 2. The second-order valence-electron chi connectivity index (χ2n) is 4.90. The van der Waals surface area contributed by atoms with Gasteiger partial charge in [0.25, 0.3) is 0 Å². The predicted molar refractivity (Wildman–Crippen MR) is 70.4 cm³/mol. The van der Waals surface area contributed by atoms with Crippen molar-refractivity contribution in [2.45, 2.75) is 38.5 Å². The fourth-order valence-electron chi connectivity index (χ4n) is 2.24. The molecule has 0 aliphatic carbocycles. The standard InChI is InChI=1S/C13H21N3O3/c1-9-13(2,5-6-19-9)16-7-10-11(17-3)14-8-15-12(10)18-4/h8-9,16H,5-7H2,1-4H3. The highest BCUT2D eigenvalue weighted by molar-refractivity contribution is 5.34. The van der Waals surface area contributed by atoms with Gasteiger partial charge in [-0.3, -0.25) is 0 Å². The molecule has 1 aliphatic rings. The van der Waals surface area contributed by atoms with Crippen LogP contribution in [0.1, 0.15) is 25.8 Å². The maximum absolute atomic E-state index is 5.61. The van der Waals surface area contributed by atoms with E-state index in [9.17, 15) is 0 Å². The number of nitrogens with one attached hydrogen (secondary N) is 1. The highest BCUT2D eigenvalue weighted by atomic mass is 16.5. The third-order valence-corrected chi connectivity index (χ3v) is 3.81. The van der Waals surface area contributed by atoms with Crippen molar-refractivity contribution in [2.24, 2.45) is 0 Å². The molecule has 2 heterocycles. The lowest BCUT2D eigenvalue weighted by atomic mass is 9.94. The first-order valence-electron chi connectivity index (χ1n) is 6.39. The molecule has 106 valence electrons. The minimum Gasteiger partial charge on any atom is -0.481 e. The van der Waals surface area contributed by atoms with Crippen LogP contribution in [-0.4, -0.2) is 42.4 Å². The van der Waals surface area contributed by atoms with E-state index in [-0.39, 0.29) is 11.6 Å². The average Bonchev–Trinajstić information content (AvgIpc) is 2.76. The Bertz CT molecular complexity index is 419. The summed E-state index contributed by atoms with van der Waals surface area (Å²) in [6.45, 7) is 5.60. The van der Waals surface area contributed by atoms with Crippen LogP contribution in [0.5, 0.6) is 11.8 Å². The molecule has 1 aromatic rings. The Morgan fingerprint density at radius 2 is 2.00 bits per heavy atom. The predicted octanol–water partition coefficient (Wildman–Crippen LogP) is 1.15. The minimum absolute atomic E-state index is 0.0497. The lowest BCUT2D eigenvalue weighted by Crippen LogP contribution is -2.47. The summed E-state index contributed by atoms with van der Waals surface area (Å²) in [6, 6.07) is 0. The molecule has 0 amide bonds. The Labute approximate surface area is 113 Å². The van der Waals surface area contributed by atoms with Crippen molar-refractivity contribution in [3.05, 3.63) is 11.9 Å². The van der Waals surface area contributed by atoms with Gasteiger partial charge in [0.1, 0.15) is 6.33 Å². The van der Waals surface area contributed by atoms with E-state index in [4.69, 9.17) is 14.2 Å². The van der Waals surface area contributed by atoms with Crippen LogP contribution >= 0.6 is 0 Å². The van der Waals surface area contributed by atoms with Crippen molar-refractivity contribution in [1.29, 1.82) is 0 Å². The topological polar surface area (TPSA) is 65.5 Å². The van der Waals surface area contributed by atoms with E-state index in [0.717, 1.165) is 18.6 Å². The summed E-state index contributed by atoms with van der Waals surface area (Å²) in [6.07, 6.45) is 2.59. The van der Waals surface area contributed by atoms with Gasteiger partial charge in [-0.2, -0.15) is 0 Å². The molecule has 2 unspecified atom stereocenters. The van der Waals surface area contributed by atoms with Gasteiger partial charge in [-0.15, -0.1) is 0 Å². The van der Waals surface area contributed by atoms with Crippen molar-refractivity contribution >= 4 is 0 Å². The van der Waals surface area contributed by atoms with Crippen molar-refractivity contribution < 1.29 is 14.2 Å². The number of hydrogen-bond acceptors (Lipinski definition) is 6. The second-order valence-corrected chi connectivity index (χ2v) is 4.90. The molecule has 0 spiro atoms. The van der Waals surface area contributed by atoms with Crippen LogP contribution in [0.3, 0.4) is 0 Å². The van der Waals surface area contributed by atoms with Gasteiger partial charge in [-0.1, -0.05) is 0 Å². The number of rotatable bonds is 5. The zero-order chi connectivity index (χ0) is 13.9. The van der Waals surface area contributed by atoms with E-state index in [1.54, 1.807) is 14.2 Å². The van der Waals surface area contributed by atoms with Gasteiger partial charge in [-0.05, 0) is 20.3 Å². The van der Waals surface area contributed by atoms with Gasteiger partial charge in [0.2, 0.25) is 11.8 Å². The van der Waals surface area contributed by atoms with Crippen molar-refractivity contribution in [2.75, 3.05) is 20.8 Å². The fraction of sp³-hybridized carbons (Fsp3) is 0.692. The Morgan fingerprint density at radius 1 is 1.37 bits per heavy atom. The first-order chi connectivity index (χ1) is 9.10. The molecule has 0 aromatic carbocycles. The first-order valence-corrected chi connectivity index (χ1v) is 6.39. The minimum atomic E-state index is -0.0497. The van der Waals surface area contributed by atoms with Gasteiger partial charge in [0, 0.05) is 18.7 Å². The summed E-state index contributed by atoms with van der Waals surface area (Å²) < 4.78 is 16.1. The molecule has 1 saturated heterocycles. The van der Waals surface area contributed by atoms with Gasteiger partial charge >= 0.3 is 0 Å². The monoisotopic (exact) mass is 267 g/mol. The highest BCUT2D eigenvalue weighted by Gasteiger charge is 2.36. The van der Waals surface area contributed by atoms with Gasteiger partial charge in [0.15, 0.2) is 0 Å². The summed E-state index contributed by atoms with van der Waals surface area (Å²) in [7, 11) is 3.18. The van der Waals surface area contributed by atoms with Crippen LogP contribution in [-0.2, 0) is 11.3 Å². The number of hydrogen-bond donors (Lipinski definition) is 1. The number of ether oxygens (including phenoxy) is 3. The Morgan fingerprint density at radius 3 is 2.47 bits per heavy atom. The molecule has 2 rings (SSSR count). The van der Waals surface area contributed by atoms with E-state index in [2.05, 4.69) is 29.1 Å². The number of methoxy groups -OCH3 is 2. The van der Waals surface area contributed by atoms with Crippen LogP contribution in [0.2, 0.25) is 0 Å². The lowest BCUT2D eigenvalue weighted by molar-refractivity contribution is 0.0879. The van der Waals surface area contributed by atoms with Crippen molar-refractivity contribution in [3.63, 3.8) is 0 Å². The normalized spacial score (nSPS) is 26.4. The summed E-state index contributed by atoms with van der Waals surface area (Å²) >= 11 is 0. The third-order valence-electron chi connectivity index (χ3n) is 3.81. The average molecular weight is 267 g/mol. The second kappa shape index (κ2) is 5.71. The van der Waals surface area contributed by atoms with Crippen LogP contribution in [0.25, 0.3) is 0 Å². The van der Waals surface area contributed by atoms with Crippen LogP contribution in [0, 0.1) is 0 Å². The fourth-order valence-corrected chi connectivity index (χ4v) is 2.24. The molecule has 1 aromatic heterocycles. The van der Waals surface area contributed by atoms with Crippen molar-refractivity contribution in [3.8, 4) is 11.8 Å². The molecule has 0 radical (unpaired) electrons. The zero-order valence-corrected chi connectivity index (χ0v) is 11.9. The molecule has 0 bridgehead atoms. The molecule has 6 heteroatoms. The van der Waals surface area contributed by atoms with Crippen LogP contribution in [0.15, 0.2) is 6.33 Å². The maximum atomic E-state index is 5.61. The largest absolute Gasteiger partial charge is 0.481 e. The van der Waals surface area contributed by atoms with Gasteiger partial charge in [-0.25, -0.2) is 9.97 Å². The summed E-state index contributed by atoms with van der Waals surface area (Å²) in [4.78, 5) is 8.22. The van der Waals surface area contributed by atoms with E-state index in [1.165, 1.54) is 6.33 Å². The summed E-state index contributed by atoms with van der Waals surface area (Å²) in [5, 5.41) is 3.51. The highest BCUT2D eigenvalue weighted by Crippen LogP contribution is 2.28. The van der Waals surface area contributed by atoms with Crippen molar-refractivity contribution in [1.82, 2.24) is 15.3 Å².